The van der Waals surface area contributed by atoms with Gasteiger partial charge in [-0.05, 0) is 83.0 Å². The fourth-order valence-corrected chi connectivity index (χ4v) is 6.67. The van der Waals surface area contributed by atoms with E-state index in [0.29, 0.717) is 21.6 Å². The predicted molar refractivity (Wildman–Crippen MR) is 157 cm³/mol. The van der Waals surface area contributed by atoms with Crippen molar-refractivity contribution in [2.75, 3.05) is 23.3 Å². The summed E-state index contributed by atoms with van der Waals surface area (Å²) in [6.07, 6.45) is 0. The number of thioether (sulfide) groups is 1. The fraction of sp³-hybridized carbons (Fsp3) is 0.138. The lowest BCUT2D eigenvalue weighted by Crippen LogP contribution is -2.38. The molecule has 196 valence electrons. The maximum absolute atomic E-state index is 13.7. The van der Waals surface area contributed by atoms with Crippen LogP contribution in [0.5, 0.6) is 5.75 Å². The van der Waals surface area contributed by atoms with Crippen LogP contribution in [0.15, 0.2) is 111 Å². The molecule has 4 rings (SSSR count). The molecular formula is C29H27BrN2O4S2. The van der Waals surface area contributed by atoms with Gasteiger partial charge in [0.1, 0.15) is 12.3 Å². The van der Waals surface area contributed by atoms with E-state index in [1.807, 2.05) is 61.5 Å². The maximum atomic E-state index is 13.7. The van der Waals surface area contributed by atoms with Crippen LogP contribution in [0, 0.1) is 6.92 Å². The molecule has 0 aliphatic carbocycles. The van der Waals surface area contributed by atoms with Crippen LogP contribution in [-0.2, 0) is 20.6 Å². The molecule has 4 aromatic rings. The number of nitrogens with one attached hydrogen (secondary N) is 1. The van der Waals surface area contributed by atoms with E-state index in [1.165, 1.54) is 24.1 Å². The number of methoxy groups -OCH3 is 1. The molecule has 0 fully saturated rings. The number of halogens is 1. The van der Waals surface area contributed by atoms with Crippen molar-refractivity contribution in [3.63, 3.8) is 0 Å². The summed E-state index contributed by atoms with van der Waals surface area (Å²) in [7, 11) is -2.55. The van der Waals surface area contributed by atoms with E-state index in [1.54, 1.807) is 30.0 Å². The Kier molecular flexibility index (Phi) is 9.14. The quantitative estimate of drug-likeness (QED) is 0.198. The molecule has 0 unspecified atom stereocenters. The average molecular weight is 612 g/mol. The Bertz CT molecular complexity index is 1490. The average Bonchev–Trinajstić information content (AvgIpc) is 2.92. The van der Waals surface area contributed by atoms with E-state index in [9.17, 15) is 13.2 Å². The molecule has 1 amide bonds. The van der Waals surface area contributed by atoms with Gasteiger partial charge in [-0.3, -0.25) is 9.10 Å². The Labute approximate surface area is 236 Å². The van der Waals surface area contributed by atoms with Crippen molar-refractivity contribution in [3.05, 3.63) is 113 Å². The third kappa shape index (κ3) is 6.98. The minimum atomic E-state index is -4.06. The summed E-state index contributed by atoms with van der Waals surface area (Å²) >= 11 is 5.08. The molecule has 0 aliphatic heterocycles. The molecule has 1 N–H and O–H groups in total. The van der Waals surface area contributed by atoms with Gasteiger partial charge in [-0.2, -0.15) is 0 Å². The SMILES string of the molecule is COc1ccc(S(=O)(=O)N(CC(=O)Nc2ccc(CSc3ccccc3)cc2)c2ccc(C)cc2)cc1Br. The van der Waals surface area contributed by atoms with Crippen LogP contribution in [0.2, 0.25) is 0 Å². The number of aryl methyl sites for hydroxylation is 1. The Morgan fingerprint density at radius 2 is 1.63 bits per heavy atom. The summed E-state index contributed by atoms with van der Waals surface area (Å²) < 4.78 is 34.2. The number of rotatable bonds is 10. The molecule has 0 radical (unpaired) electrons. The first-order valence-corrected chi connectivity index (χ1v) is 15.0. The molecule has 4 aromatic carbocycles. The lowest BCUT2D eigenvalue weighted by atomic mass is 10.2. The van der Waals surface area contributed by atoms with Crippen molar-refractivity contribution in [2.24, 2.45) is 0 Å². The van der Waals surface area contributed by atoms with Gasteiger partial charge in [0.25, 0.3) is 10.0 Å². The van der Waals surface area contributed by atoms with Crippen LogP contribution >= 0.6 is 27.7 Å². The van der Waals surface area contributed by atoms with Gasteiger partial charge >= 0.3 is 0 Å². The molecule has 6 nitrogen and oxygen atoms in total. The fourth-order valence-electron chi connectivity index (χ4n) is 3.66. The highest BCUT2D eigenvalue weighted by Gasteiger charge is 2.28. The third-order valence-electron chi connectivity index (χ3n) is 5.71. The normalized spacial score (nSPS) is 11.1. The minimum Gasteiger partial charge on any atom is -0.496 e. The van der Waals surface area contributed by atoms with Gasteiger partial charge in [-0.25, -0.2) is 8.42 Å². The second-order valence-electron chi connectivity index (χ2n) is 8.49. The standard InChI is InChI=1S/C29H27BrN2O4S2/c1-21-8-14-24(15-9-21)32(38(34,35)26-16-17-28(36-2)27(30)18-26)19-29(33)31-23-12-10-22(11-13-23)20-37-25-6-4-3-5-7-25/h3-18H,19-20H2,1-2H3,(H,31,33). The molecule has 0 saturated carbocycles. The number of benzene rings is 4. The molecule has 0 saturated heterocycles. The van der Waals surface area contributed by atoms with Crippen molar-refractivity contribution >= 4 is 55.0 Å². The monoisotopic (exact) mass is 610 g/mol. The zero-order chi connectivity index (χ0) is 27.1. The zero-order valence-corrected chi connectivity index (χ0v) is 24.1. The molecule has 38 heavy (non-hydrogen) atoms. The molecule has 0 aromatic heterocycles. The number of amides is 1. The highest BCUT2D eigenvalue weighted by molar-refractivity contribution is 9.10. The summed E-state index contributed by atoms with van der Waals surface area (Å²) in [6.45, 7) is 1.53. The molecule has 0 heterocycles. The summed E-state index contributed by atoms with van der Waals surface area (Å²) in [5.41, 5.74) is 3.09. The van der Waals surface area contributed by atoms with E-state index >= 15 is 0 Å². The van der Waals surface area contributed by atoms with Crippen LogP contribution in [0.25, 0.3) is 0 Å². The number of nitrogens with zero attached hydrogens (tertiary/aromatic N) is 1. The highest BCUT2D eigenvalue weighted by atomic mass is 79.9. The molecular weight excluding hydrogens is 584 g/mol. The van der Waals surface area contributed by atoms with E-state index in [0.717, 1.165) is 21.2 Å². The lowest BCUT2D eigenvalue weighted by molar-refractivity contribution is -0.114. The molecule has 0 atom stereocenters. The number of carbonyl (C=O) groups excluding carboxylic acids is 1. The van der Waals surface area contributed by atoms with Crippen LogP contribution in [0.3, 0.4) is 0 Å². The summed E-state index contributed by atoms with van der Waals surface area (Å²) in [5.74, 6) is 0.858. The van der Waals surface area contributed by atoms with Crippen molar-refractivity contribution in [2.45, 2.75) is 22.5 Å². The van der Waals surface area contributed by atoms with Crippen molar-refractivity contribution in [3.8, 4) is 5.75 Å². The number of hydrogen-bond acceptors (Lipinski definition) is 5. The van der Waals surface area contributed by atoms with Gasteiger partial charge in [0.2, 0.25) is 5.91 Å². The number of ether oxygens (including phenoxy) is 1. The predicted octanol–water partition coefficient (Wildman–Crippen LogP) is 6.89. The second kappa shape index (κ2) is 12.5. The number of sulfonamides is 1. The Balaban J connectivity index is 1.50. The first-order valence-electron chi connectivity index (χ1n) is 11.8. The Morgan fingerprint density at radius 3 is 2.26 bits per heavy atom. The molecule has 9 heteroatoms. The lowest BCUT2D eigenvalue weighted by Gasteiger charge is -2.24. The Morgan fingerprint density at radius 1 is 0.947 bits per heavy atom. The van der Waals surface area contributed by atoms with E-state index < -0.39 is 15.9 Å². The van der Waals surface area contributed by atoms with Gasteiger partial charge in [0.15, 0.2) is 0 Å². The summed E-state index contributed by atoms with van der Waals surface area (Å²) in [6, 6.07) is 29.2. The topological polar surface area (TPSA) is 75.7 Å². The number of hydrogen-bond donors (Lipinski definition) is 1. The first kappa shape index (κ1) is 27.8. The van der Waals surface area contributed by atoms with E-state index in [2.05, 4.69) is 33.4 Å². The van der Waals surface area contributed by atoms with Gasteiger partial charge in [-0.1, -0.05) is 48.0 Å². The van der Waals surface area contributed by atoms with E-state index in [4.69, 9.17) is 4.74 Å². The first-order chi connectivity index (χ1) is 18.3. The minimum absolute atomic E-state index is 0.0406. The van der Waals surface area contributed by atoms with E-state index in [-0.39, 0.29) is 11.4 Å². The molecule has 0 bridgehead atoms. The largest absolute Gasteiger partial charge is 0.496 e. The summed E-state index contributed by atoms with van der Waals surface area (Å²) in [4.78, 5) is 14.3. The van der Waals surface area contributed by atoms with Crippen LogP contribution in [0.1, 0.15) is 11.1 Å². The van der Waals surface area contributed by atoms with Gasteiger partial charge < -0.3 is 10.1 Å². The van der Waals surface area contributed by atoms with Crippen LogP contribution in [0.4, 0.5) is 11.4 Å². The Hall–Kier alpha value is -3.27. The molecule has 0 spiro atoms. The maximum Gasteiger partial charge on any atom is 0.264 e. The van der Waals surface area contributed by atoms with Gasteiger partial charge in [-0.15, -0.1) is 11.8 Å². The van der Waals surface area contributed by atoms with Crippen molar-refractivity contribution in [1.82, 2.24) is 0 Å². The summed E-state index contributed by atoms with van der Waals surface area (Å²) in [5, 5.41) is 2.83. The highest BCUT2D eigenvalue weighted by Crippen LogP contribution is 2.31. The van der Waals surface area contributed by atoms with Crippen LogP contribution in [-0.4, -0.2) is 28.0 Å². The third-order valence-corrected chi connectivity index (χ3v) is 9.18. The van der Waals surface area contributed by atoms with Gasteiger partial charge in [0, 0.05) is 16.3 Å². The number of carbonyl (C=O) groups is 1. The van der Waals surface area contributed by atoms with Crippen molar-refractivity contribution < 1.29 is 17.9 Å². The van der Waals surface area contributed by atoms with Gasteiger partial charge in [0.05, 0.1) is 22.2 Å². The number of anilines is 2. The zero-order valence-electron chi connectivity index (χ0n) is 20.9. The molecule has 0 aliphatic rings. The van der Waals surface area contributed by atoms with Crippen LogP contribution < -0.4 is 14.4 Å². The smallest absolute Gasteiger partial charge is 0.264 e. The second-order valence-corrected chi connectivity index (χ2v) is 12.3. The van der Waals surface area contributed by atoms with Crippen molar-refractivity contribution in [1.29, 1.82) is 0 Å².